The Morgan fingerprint density at radius 3 is 2.55 bits per heavy atom. The first kappa shape index (κ1) is 13.9. The van der Waals surface area contributed by atoms with E-state index in [9.17, 15) is 9.90 Å². The minimum atomic E-state index is -0.866. The molecule has 0 aliphatic rings. The van der Waals surface area contributed by atoms with Crippen molar-refractivity contribution in [3.05, 3.63) is 65.9 Å². The summed E-state index contributed by atoms with van der Waals surface area (Å²) in [6, 6.07) is 14.7. The molecular formula is C18H15NO3. The van der Waals surface area contributed by atoms with Crippen molar-refractivity contribution >= 4 is 29.0 Å². The van der Waals surface area contributed by atoms with Crippen molar-refractivity contribution < 1.29 is 15.0 Å². The van der Waals surface area contributed by atoms with E-state index < -0.39 is 5.97 Å². The molecule has 0 amide bonds. The van der Waals surface area contributed by atoms with Gasteiger partial charge in [-0.2, -0.15) is 0 Å². The molecule has 22 heavy (non-hydrogen) atoms. The van der Waals surface area contributed by atoms with Gasteiger partial charge >= 0.3 is 5.97 Å². The molecule has 3 rings (SSSR count). The number of fused-ring (bicyclic) bond motifs is 1. The van der Waals surface area contributed by atoms with Crippen LogP contribution in [0.25, 0.3) is 23.1 Å². The summed E-state index contributed by atoms with van der Waals surface area (Å²) in [5.74, 6) is -0.635. The van der Waals surface area contributed by atoms with Gasteiger partial charge in [-0.25, -0.2) is 0 Å². The molecule has 1 aromatic heterocycles. The molecular weight excluding hydrogens is 278 g/mol. The lowest BCUT2D eigenvalue weighted by Gasteiger charge is -2.05. The van der Waals surface area contributed by atoms with Gasteiger partial charge in [0.05, 0.1) is 5.52 Å². The Morgan fingerprint density at radius 2 is 1.82 bits per heavy atom. The number of hydrogen-bond acceptors (Lipinski definition) is 2. The smallest absolute Gasteiger partial charge is 0.323 e. The van der Waals surface area contributed by atoms with Crippen LogP contribution >= 0.6 is 0 Å². The highest BCUT2D eigenvalue weighted by Crippen LogP contribution is 2.22. The van der Waals surface area contributed by atoms with E-state index in [1.165, 1.54) is 0 Å². The number of carboxylic acid groups (broad SMARTS) is 1. The van der Waals surface area contributed by atoms with Crippen molar-refractivity contribution in [3.63, 3.8) is 0 Å². The number of phenols is 1. The average molecular weight is 293 g/mol. The first-order valence-electron chi connectivity index (χ1n) is 6.90. The molecule has 4 nitrogen and oxygen atoms in total. The molecule has 0 aliphatic heterocycles. The van der Waals surface area contributed by atoms with Crippen LogP contribution in [-0.4, -0.2) is 20.7 Å². The van der Waals surface area contributed by atoms with Gasteiger partial charge in [-0.15, -0.1) is 0 Å². The highest BCUT2D eigenvalue weighted by molar-refractivity contribution is 5.91. The van der Waals surface area contributed by atoms with Gasteiger partial charge in [-0.3, -0.25) is 4.79 Å². The highest BCUT2D eigenvalue weighted by Gasteiger charge is 2.07. The molecule has 110 valence electrons. The molecule has 2 aromatic carbocycles. The van der Waals surface area contributed by atoms with Crippen molar-refractivity contribution in [1.29, 1.82) is 0 Å². The van der Waals surface area contributed by atoms with Crippen LogP contribution in [0.2, 0.25) is 0 Å². The van der Waals surface area contributed by atoms with Crippen LogP contribution in [0, 0.1) is 0 Å². The molecule has 0 spiro atoms. The van der Waals surface area contributed by atoms with E-state index >= 15 is 0 Å². The van der Waals surface area contributed by atoms with E-state index in [1.54, 1.807) is 22.9 Å². The number of carbonyl (C=O) groups is 1. The Bertz CT molecular complexity index is 844. The molecule has 0 aliphatic carbocycles. The second-order valence-electron chi connectivity index (χ2n) is 5.05. The zero-order valence-corrected chi connectivity index (χ0v) is 11.8. The van der Waals surface area contributed by atoms with Crippen molar-refractivity contribution in [3.8, 4) is 5.75 Å². The van der Waals surface area contributed by atoms with Crippen LogP contribution in [0.4, 0.5) is 0 Å². The second kappa shape index (κ2) is 5.77. The van der Waals surface area contributed by atoms with Crippen molar-refractivity contribution in [1.82, 2.24) is 4.57 Å². The summed E-state index contributed by atoms with van der Waals surface area (Å²) >= 11 is 0. The first-order valence-corrected chi connectivity index (χ1v) is 6.90. The average Bonchev–Trinajstić information content (AvgIpc) is 2.90. The van der Waals surface area contributed by atoms with Crippen LogP contribution in [0.3, 0.4) is 0 Å². The third-order valence-corrected chi connectivity index (χ3v) is 3.47. The number of nitrogens with zero attached hydrogens (tertiary/aromatic N) is 1. The van der Waals surface area contributed by atoms with Gasteiger partial charge in [0.25, 0.3) is 0 Å². The minimum Gasteiger partial charge on any atom is -0.508 e. The summed E-state index contributed by atoms with van der Waals surface area (Å²) in [6.45, 7) is -0.0619. The Labute approximate surface area is 127 Å². The van der Waals surface area contributed by atoms with E-state index in [0.717, 1.165) is 22.0 Å². The Hall–Kier alpha value is -3.01. The van der Waals surface area contributed by atoms with Gasteiger partial charge in [0.15, 0.2) is 0 Å². The Balaban J connectivity index is 2.00. The molecule has 0 unspecified atom stereocenters. The predicted octanol–water partition coefficient (Wildman–Crippen LogP) is 3.60. The third kappa shape index (κ3) is 2.86. The summed E-state index contributed by atoms with van der Waals surface area (Å²) in [5.41, 5.74) is 2.82. The SMILES string of the molecule is O=C(O)Cn1ccc2cccc(/C=C/c3ccc(O)cc3)c21. The van der Waals surface area contributed by atoms with Gasteiger partial charge in [0, 0.05) is 11.6 Å². The monoisotopic (exact) mass is 293 g/mol. The molecule has 0 saturated carbocycles. The second-order valence-corrected chi connectivity index (χ2v) is 5.05. The largest absolute Gasteiger partial charge is 0.508 e. The van der Waals surface area contributed by atoms with Crippen LogP contribution < -0.4 is 0 Å². The van der Waals surface area contributed by atoms with Gasteiger partial charge in [-0.05, 0) is 29.3 Å². The van der Waals surface area contributed by atoms with Crippen LogP contribution in [0.15, 0.2) is 54.7 Å². The summed E-state index contributed by atoms with van der Waals surface area (Å²) in [5, 5.41) is 19.3. The topological polar surface area (TPSA) is 62.5 Å². The fourth-order valence-electron chi connectivity index (χ4n) is 2.47. The van der Waals surface area contributed by atoms with Gasteiger partial charge in [-0.1, -0.05) is 42.5 Å². The third-order valence-electron chi connectivity index (χ3n) is 3.47. The molecule has 0 radical (unpaired) electrons. The molecule has 0 bridgehead atoms. The Kier molecular flexibility index (Phi) is 3.66. The molecule has 0 saturated heterocycles. The number of phenolic OH excluding ortho intramolecular Hbond substituents is 1. The number of aromatic nitrogens is 1. The quantitative estimate of drug-likeness (QED) is 0.722. The van der Waals surface area contributed by atoms with Crippen LogP contribution in [0.5, 0.6) is 5.75 Å². The maximum Gasteiger partial charge on any atom is 0.323 e. The zero-order chi connectivity index (χ0) is 15.5. The summed E-state index contributed by atoms with van der Waals surface area (Å²) in [7, 11) is 0. The van der Waals surface area contributed by atoms with E-state index in [-0.39, 0.29) is 12.3 Å². The molecule has 2 N–H and O–H groups in total. The molecule has 3 aromatic rings. The number of aliphatic carboxylic acids is 1. The fourth-order valence-corrected chi connectivity index (χ4v) is 2.47. The maximum absolute atomic E-state index is 11.0. The number of carboxylic acids is 1. The molecule has 4 heteroatoms. The van der Waals surface area contributed by atoms with Crippen LogP contribution in [0.1, 0.15) is 11.1 Å². The number of para-hydroxylation sites is 1. The molecule has 0 atom stereocenters. The Morgan fingerprint density at radius 1 is 1.05 bits per heavy atom. The van der Waals surface area contributed by atoms with E-state index in [4.69, 9.17) is 5.11 Å². The van der Waals surface area contributed by atoms with Crippen molar-refractivity contribution in [2.24, 2.45) is 0 Å². The lowest BCUT2D eigenvalue weighted by atomic mass is 10.1. The van der Waals surface area contributed by atoms with Crippen molar-refractivity contribution in [2.45, 2.75) is 6.54 Å². The molecule has 0 fully saturated rings. The highest BCUT2D eigenvalue weighted by atomic mass is 16.4. The lowest BCUT2D eigenvalue weighted by Crippen LogP contribution is -2.07. The van der Waals surface area contributed by atoms with E-state index in [1.807, 2.05) is 48.6 Å². The number of aromatic hydroxyl groups is 1. The number of rotatable bonds is 4. The number of hydrogen-bond donors (Lipinski definition) is 2. The van der Waals surface area contributed by atoms with E-state index in [2.05, 4.69) is 0 Å². The van der Waals surface area contributed by atoms with Gasteiger partial charge in [0.2, 0.25) is 0 Å². The summed E-state index contributed by atoms with van der Waals surface area (Å²) in [6.07, 6.45) is 5.68. The normalized spacial score (nSPS) is 11.3. The standard InChI is InChI=1S/C18H15NO3/c20-16-8-5-13(6-9-16)4-7-14-2-1-3-15-10-11-19(18(14)15)12-17(21)22/h1-11,20H,12H2,(H,21,22)/b7-4+. The van der Waals surface area contributed by atoms with Crippen LogP contribution in [-0.2, 0) is 11.3 Å². The number of benzene rings is 2. The first-order chi connectivity index (χ1) is 10.6. The van der Waals surface area contributed by atoms with Gasteiger partial charge in [0.1, 0.15) is 12.3 Å². The maximum atomic E-state index is 11.0. The van der Waals surface area contributed by atoms with Gasteiger partial charge < -0.3 is 14.8 Å². The zero-order valence-electron chi connectivity index (χ0n) is 11.8. The predicted molar refractivity (Wildman–Crippen MR) is 86.6 cm³/mol. The minimum absolute atomic E-state index is 0.0619. The van der Waals surface area contributed by atoms with E-state index in [0.29, 0.717) is 0 Å². The summed E-state index contributed by atoms with van der Waals surface area (Å²) < 4.78 is 1.73. The summed E-state index contributed by atoms with van der Waals surface area (Å²) in [4.78, 5) is 11.0. The van der Waals surface area contributed by atoms with Crippen molar-refractivity contribution in [2.75, 3.05) is 0 Å². The fraction of sp³-hybridized carbons (Fsp3) is 0.0556. The molecule has 1 heterocycles. The lowest BCUT2D eigenvalue weighted by molar-refractivity contribution is -0.137.